The van der Waals surface area contributed by atoms with Crippen molar-refractivity contribution in [1.29, 1.82) is 0 Å². The number of hydrogen-bond acceptors (Lipinski definition) is 0. The van der Waals surface area contributed by atoms with E-state index in [-0.39, 0.29) is 0 Å². The van der Waals surface area contributed by atoms with Crippen LogP contribution in [0.5, 0.6) is 0 Å². The fourth-order valence-electron chi connectivity index (χ4n) is 2.43. The standard InChI is InChI=1S/C20H26.C5H8.C4H10.2C2H6/c1-7-12-19(15(4)8-2)16(5)17(6)20-14-11-10-13-18(20)9-3;1-4-5(2)3;1-4(2)3;2*1-2/h7-8,10-14H,2,9H2,1,3-6H3;1,5H,2-3H3;4H,1-3H3;2*1-2H3/b12-7-,17-16-,19-15+;;;;. The van der Waals surface area contributed by atoms with Gasteiger partial charge >= 0.3 is 0 Å². The summed E-state index contributed by atoms with van der Waals surface area (Å²) >= 11 is 0. The van der Waals surface area contributed by atoms with Gasteiger partial charge in [-0.05, 0) is 73.5 Å². The Morgan fingerprint density at radius 1 is 0.970 bits per heavy atom. The van der Waals surface area contributed by atoms with E-state index in [9.17, 15) is 0 Å². The Morgan fingerprint density at radius 2 is 1.39 bits per heavy atom. The first kappa shape index (κ1) is 38.0. The molecule has 0 fully saturated rings. The molecule has 0 atom stereocenters. The number of rotatable bonds is 5. The molecule has 0 aliphatic heterocycles. The Morgan fingerprint density at radius 3 is 1.73 bits per heavy atom. The van der Waals surface area contributed by atoms with Gasteiger partial charge in [0, 0.05) is 5.92 Å². The number of aryl methyl sites for hydroxylation is 1. The molecule has 0 heteroatoms. The quantitative estimate of drug-likeness (QED) is 0.308. The Kier molecular flexibility index (Phi) is 30.0. The van der Waals surface area contributed by atoms with Crippen molar-refractivity contribution in [2.75, 3.05) is 0 Å². The molecule has 0 heterocycles. The van der Waals surface area contributed by atoms with E-state index in [0.29, 0.717) is 5.92 Å². The fourth-order valence-corrected chi connectivity index (χ4v) is 2.43. The van der Waals surface area contributed by atoms with Crippen molar-refractivity contribution < 1.29 is 0 Å². The summed E-state index contributed by atoms with van der Waals surface area (Å²) in [4.78, 5) is 0. The van der Waals surface area contributed by atoms with Crippen LogP contribution in [0.15, 0.2) is 65.8 Å². The Bertz CT molecular complexity index is 725. The second-order valence-electron chi connectivity index (χ2n) is 8.11. The maximum absolute atomic E-state index is 4.92. The molecule has 1 aromatic rings. The molecule has 0 aliphatic carbocycles. The van der Waals surface area contributed by atoms with Crippen molar-refractivity contribution in [2.24, 2.45) is 11.8 Å². The second-order valence-corrected chi connectivity index (χ2v) is 8.11. The maximum atomic E-state index is 4.92. The van der Waals surface area contributed by atoms with Gasteiger partial charge in [-0.1, -0.05) is 118 Å². The van der Waals surface area contributed by atoms with Gasteiger partial charge in [0.2, 0.25) is 0 Å². The molecular weight excluding hydrogens is 396 g/mol. The van der Waals surface area contributed by atoms with Crippen molar-refractivity contribution in [3.05, 3.63) is 76.9 Å². The molecular formula is C33H56. The molecule has 0 aromatic heterocycles. The van der Waals surface area contributed by atoms with E-state index in [1.54, 1.807) is 0 Å². The van der Waals surface area contributed by atoms with Crippen molar-refractivity contribution in [2.45, 2.75) is 103 Å². The van der Waals surface area contributed by atoms with Crippen LogP contribution in [0.3, 0.4) is 0 Å². The lowest BCUT2D eigenvalue weighted by Crippen LogP contribution is -1.95. The minimum Gasteiger partial charge on any atom is -0.120 e. The highest BCUT2D eigenvalue weighted by Crippen LogP contribution is 2.28. The highest BCUT2D eigenvalue weighted by atomic mass is 14.1. The summed E-state index contributed by atoms with van der Waals surface area (Å²) in [5.74, 6) is 3.77. The molecule has 0 N–H and O–H groups in total. The molecule has 0 aliphatic rings. The zero-order valence-corrected chi connectivity index (χ0v) is 24.7. The van der Waals surface area contributed by atoms with Gasteiger partial charge in [0.05, 0.1) is 0 Å². The van der Waals surface area contributed by atoms with Crippen molar-refractivity contribution in [3.63, 3.8) is 0 Å². The largest absolute Gasteiger partial charge is 0.120 e. The van der Waals surface area contributed by atoms with Crippen LogP contribution in [-0.2, 0) is 6.42 Å². The molecule has 33 heavy (non-hydrogen) atoms. The monoisotopic (exact) mass is 452 g/mol. The zero-order valence-electron chi connectivity index (χ0n) is 24.7. The first-order chi connectivity index (χ1) is 15.6. The first-order valence-electron chi connectivity index (χ1n) is 12.7. The molecule has 1 rings (SSSR count). The molecule has 0 unspecified atom stereocenters. The Balaban J connectivity index is -0.000000268. The van der Waals surface area contributed by atoms with Gasteiger partial charge in [-0.2, -0.15) is 0 Å². The van der Waals surface area contributed by atoms with Gasteiger partial charge in [0.25, 0.3) is 0 Å². The lowest BCUT2D eigenvalue weighted by Gasteiger charge is -2.14. The predicted molar refractivity (Wildman–Crippen MR) is 159 cm³/mol. The minimum atomic E-state index is 0.412. The second kappa shape index (κ2) is 26.0. The summed E-state index contributed by atoms with van der Waals surface area (Å²) in [7, 11) is 0. The van der Waals surface area contributed by atoms with Crippen LogP contribution >= 0.6 is 0 Å². The summed E-state index contributed by atoms with van der Waals surface area (Å²) in [6.07, 6.45) is 12.2. The Labute approximate surface area is 210 Å². The van der Waals surface area contributed by atoms with Crippen LogP contribution in [0.2, 0.25) is 0 Å². The third-order valence-electron chi connectivity index (χ3n) is 4.17. The molecule has 0 saturated carbocycles. The van der Waals surface area contributed by atoms with Gasteiger partial charge < -0.3 is 0 Å². The lowest BCUT2D eigenvalue weighted by molar-refractivity contribution is 0.737. The van der Waals surface area contributed by atoms with Crippen molar-refractivity contribution in [1.82, 2.24) is 0 Å². The smallest absolute Gasteiger partial charge is 0.0143 e. The minimum absolute atomic E-state index is 0.412. The van der Waals surface area contributed by atoms with E-state index < -0.39 is 0 Å². The highest BCUT2D eigenvalue weighted by molar-refractivity contribution is 5.74. The van der Waals surface area contributed by atoms with Crippen LogP contribution in [-0.4, -0.2) is 0 Å². The van der Waals surface area contributed by atoms with E-state index in [1.165, 1.54) is 33.4 Å². The van der Waals surface area contributed by atoms with Gasteiger partial charge in [0.1, 0.15) is 0 Å². The highest BCUT2D eigenvalue weighted by Gasteiger charge is 2.08. The molecule has 0 nitrogen and oxygen atoms in total. The van der Waals surface area contributed by atoms with Crippen LogP contribution in [0.4, 0.5) is 0 Å². The van der Waals surface area contributed by atoms with Crippen LogP contribution in [0.25, 0.3) is 5.57 Å². The van der Waals surface area contributed by atoms with E-state index in [0.717, 1.165) is 12.3 Å². The van der Waals surface area contributed by atoms with Crippen LogP contribution < -0.4 is 0 Å². The van der Waals surface area contributed by atoms with Crippen LogP contribution in [0, 0.1) is 24.2 Å². The van der Waals surface area contributed by atoms with Gasteiger partial charge in [-0.3, -0.25) is 0 Å². The van der Waals surface area contributed by atoms with Crippen molar-refractivity contribution >= 4 is 5.57 Å². The van der Waals surface area contributed by atoms with Crippen LogP contribution in [0.1, 0.15) is 108 Å². The molecule has 0 amide bonds. The summed E-state index contributed by atoms with van der Waals surface area (Å²) in [5.41, 5.74) is 7.91. The van der Waals surface area contributed by atoms with E-state index >= 15 is 0 Å². The van der Waals surface area contributed by atoms with E-state index in [2.05, 4.69) is 104 Å². The summed E-state index contributed by atoms with van der Waals surface area (Å²) in [6.45, 7) is 33.2. The summed E-state index contributed by atoms with van der Waals surface area (Å²) < 4.78 is 0. The number of allylic oxidation sites excluding steroid dienone is 7. The summed E-state index contributed by atoms with van der Waals surface area (Å²) in [5, 5.41) is 0. The third kappa shape index (κ3) is 20.1. The predicted octanol–water partition coefficient (Wildman–Crippen LogP) is 11.1. The lowest BCUT2D eigenvalue weighted by atomic mass is 9.91. The number of terminal acetylenes is 1. The maximum Gasteiger partial charge on any atom is 0.0143 e. The SMILES string of the molecule is C#CC(C)C.C=C/C(C)=C(\C=C/C)C(/C)=C(/C)c1ccccc1CC.CC.CC.CC(C)C. The molecule has 0 bridgehead atoms. The molecule has 0 radical (unpaired) electrons. The third-order valence-corrected chi connectivity index (χ3v) is 4.17. The van der Waals surface area contributed by atoms with E-state index in [1.807, 2.05) is 47.6 Å². The summed E-state index contributed by atoms with van der Waals surface area (Å²) in [6, 6.07) is 8.66. The van der Waals surface area contributed by atoms with E-state index in [4.69, 9.17) is 6.42 Å². The molecule has 188 valence electrons. The molecule has 0 saturated heterocycles. The molecule has 0 spiro atoms. The topological polar surface area (TPSA) is 0 Å². The van der Waals surface area contributed by atoms with Crippen molar-refractivity contribution in [3.8, 4) is 12.3 Å². The number of benzene rings is 1. The average molecular weight is 453 g/mol. The van der Waals surface area contributed by atoms with Gasteiger partial charge in [0.15, 0.2) is 0 Å². The first-order valence-corrected chi connectivity index (χ1v) is 12.7. The Hall–Kier alpha value is -2.26. The zero-order chi connectivity index (χ0) is 27.0. The number of hydrogen-bond donors (Lipinski definition) is 0. The molecule has 1 aromatic carbocycles. The van der Waals surface area contributed by atoms with Gasteiger partial charge in [-0.15, -0.1) is 12.3 Å². The normalized spacial score (nSPS) is 11.1. The van der Waals surface area contributed by atoms with Gasteiger partial charge in [-0.25, -0.2) is 0 Å². The average Bonchev–Trinajstić information content (AvgIpc) is 2.83. The fraction of sp³-hybridized carbons (Fsp3) is 0.515.